The summed E-state index contributed by atoms with van der Waals surface area (Å²) in [6.45, 7) is 4.60. The molecule has 0 aliphatic heterocycles. The molecule has 0 aromatic heterocycles. The molecule has 2 rings (SSSR count). The van der Waals surface area contributed by atoms with E-state index >= 15 is 0 Å². The Balaban J connectivity index is 2.04. The average molecular weight is 351 g/mol. The quantitative estimate of drug-likeness (QED) is 0.743. The van der Waals surface area contributed by atoms with E-state index in [-0.39, 0.29) is 9.92 Å². The average Bonchev–Trinajstić information content (AvgIpc) is 3.20. The van der Waals surface area contributed by atoms with E-state index in [1.807, 2.05) is 0 Å². The van der Waals surface area contributed by atoms with Crippen LogP contribution in [0.4, 0.5) is 0 Å². The molecule has 0 amide bonds. The fraction of sp³-hybridized carbons (Fsp3) is 0.571. The highest BCUT2D eigenvalue weighted by Crippen LogP contribution is 2.33. The molecule has 0 radical (unpaired) electrons. The third kappa shape index (κ3) is 4.33. The molecule has 7 heteroatoms. The Hall–Kier alpha value is -0.330. The predicted octanol–water partition coefficient (Wildman–Crippen LogP) is 3.03. The van der Waals surface area contributed by atoms with Gasteiger partial charge in [-0.05, 0) is 56.8 Å². The molecule has 1 aromatic carbocycles. The molecule has 1 saturated carbocycles. The Bertz CT molecular complexity index is 602. The SMILES string of the molecule is Cc1cc(Cl)c(C)c(S(=O)(=O)NCCCNC2CC2)c1Cl. The molecule has 0 spiro atoms. The maximum atomic E-state index is 12.4. The van der Waals surface area contributed by atoms with Crippen molar-refractivity contribution in [2.24, 2.45) is 0 Å². The van der Waals surface area contributed by atoms with Crippen LogP contribution in [-0.4, -0.2) is 27.5 Å². The summed E-state index contributed by atoms with van der Waals surface area (Å²) in [6, 6.07) is 2.31. The first-order chi connectivity index (χ1) is 9.83. The Morgan fingerprint density at radius 3 is 2.52 bits per heavy atom. The van der Waals surface area contributed by atoms with Crippen molar-refractivity contribution >= 4 is 33.2 Å². The maximum Gasteiger partial charge on any atom is 0.242 e. The lowest BCUT2D eigenvalue weighted by Crippen LogP contribution is -2.29. The maximum absolute atomic E-state index is 12.4. The first-order valence-electron chi connectivity index (χ1n) is 7.01. The second-order valence-corrected chi connectivity index (χ2v) is 7.91. The summed E-state index contributed by atoms with van der Waals surface area (Å²) in [5, 5.41) is 3.99. The van der Waals surface area contributed by atoms with Gasteiger partial charge in [0, 0.05) is 17.6 Å². The van der Waals surface area contributed by atoms with Gasteiger partial charge in [0.05, 0.1) is 5.02 Å². The van der Waals surface area contributed by atoms with Crippen LogP contribution in [0.2, 0.25) is 10.0 Å². The molecule has 0 bridgehead atoms. The van der Waals surface area contributed by atoms with Crippen LogP contribution in [0.3, 0.4) is 0 Å². The molecule has 21 heavy (non-hydrogen) atoms. The number of halogens is 2. The van der Waals surface area contributed by atoms with Gasteiger partial charge in [0.15, 0.2) is 0 Å². The topological polar surface area (TPSA) is 58.2 Å². The van der Waals surface area contributed by atoms with Crippen LogP contribution in [0.5, 0.6) is 0 Å². The van der Waals surface area contributed by atoms with Gasteiger partial charge >= 0.3 is 0 Å². The van der Waals surface area contributed by atoms with Gasteiger partial charge in [-0.15, -0.1) is 0 Å². The lowest BCUT2D eigenvalue weighted by Gasteiger charge is -2.14. The van der Waals surface area contributed by atoms with Gasteiger partial charge in [-0.3, -0.25) is 0 Å². The number of hydrogen-bond donors (Lipinski definition) is 2. The van der Waals surface area contributed by atoms with E-state index in [2.05, 4.69) is 10.0 Å². The van der Waals surface area contributed by atoms with Crippen LogP contribution in [0, 0.1) is 13.8 Å². The minimum atomic E-state index is -3.65. The Labute approximate surface area is 136 Å². The minimum absolute atomic E-state index is 0.0873. The second kappa shape index (κ2) is 6.84. The monoisotopic (exact) mass is 350 g/mol. The van der Waals surface area contributed by atoms with Crippen molar-refractivity contribution in [3.05, 3.63) is 27.2 Å². The van der Waals surface area contributed by atoms with Crippen molar-refractivity contribution in [1.29, 1.82) is 0 Å². The highest BCUT2D eigenvalue weighted by Gasteiger charge is 2.24. The number of aryl methyl sites for hydroxylation is 1. The van der Waals surface area contributed by atoms with E-state index < -0.39 is 10.0 Å². The summed E-state index contributed by atoms with van der Waals surface area (Å²) in [4.78, 5) is 0.0873. The van der Waals surface area contributed by atoms with Crippen LogP contribution in [0.25, 0.3) is 0 Å². The van der Waals surface area contributed by atoms with Crippen molar-refractivity contribution in [3.8, 4) is 0 Å². The molecule has 1 aromatic rings. The van der Waals surface area contributed by atoms with E-state index in [0.717, 1.165) is 13.0 Å². The van der Waals surface area contributed by atoms with Crippen molar-refractivity contribution in [2.75, 3.05) is 13.1 Å². The van der Waals surface area contributed by atoms with Gasteiger partial charge in [-0.1, -0.05) is 23.2 Å². The van der Waals surface area contributed by atoms with Crippen LogP contribution in [0.15, 0.2) is 11.0 Å². The molecule has 0 heterocycles. The molecule has 0 unspecified atom stereocenters. The second-order valence-electron chi connectivity index (χ2n) is 5.42. The van der Waals surface area contributed by atoms with Crippen molar-refractivity contribution < 1.29 is 8.42 Å². The summed E-state index contributed by atoms with van der Waals surface area (Å²) in [5.41, 5.74) is 1.14. The van der Waals surface area contributed by atoms with Crippen LogP contribution in [0.1, 0.15) is 30.4 Å². The fourth-order valence-corrected chi connectivity index (χ4v) is 4.38. The minimum Gasteiger partial charge on any atom is -0.314 e. The van der Waals surface area contributed by atoms with Gasteiger partial charge < -0.3 is 5.32 Å². The largest absolute Gasteiger partial charge is 0.314 e. The fourth-order valence-electron chi connectivity index (χ4n) is 2.09. The standard InChI is InChI=1S/C14H20Cl2N2O2S/c1-9-8-12(15)10(2)14(13(9)16)21(19,20)18-7-3-6-17-11-4-5-11/h8,11,17-18H,3-7H2,1-2H3. The van der Waals surface area contributed by atoms with E-state index in [0.29, 0.717) is 28.7 Å². The number of benzene rings is 1. The van der Waals surface area contributed by atoms with Crippen LogP contribution < -0.4 is 10.0 Å². The molecule has 1 aliphatic carbocycles. The zero-order valence-electron chi connectivity index (χ0n) is 12.2. The van der Waals surface area contributed by atoms with Crippen molar-refractivity contribution in [2.45, 2.75) is 44.0 Å². The molecule has 2 N–H and O–H groups in total. The molecule has 0 saturated heterocycles. The Kier molecular flexibility index (Phi) is 5.54. The third-order valence-corrected chi connectivity index (χ3v) is 6.14. The molecular weight excluding hydrogens is 331 g/mol. The molecule has 1 aliphatic rings. The summed E-state index contributed by atoms with van der Waals surface area (Å²) in [5.74, 6) is 0. The highest BCUT2D eigenvalue weighted by atomic mass is 35.5. The zero-order chi connectivity index (χ0) is 15.6. The molecule has 0 atom stereocenters. The number of nitrogens with one attached hydrogen (secondary N) is 2. The van der Waals surface area contributed by atoms with Gasteiger partial charge in [0.2, 0.25) is 10.0 Å². The normalized spacial score (nSPS) is 15.4. The lowest BCUT2D eigenvalue weighted by atomic mass is 10.2. The van der Waals surface area contributed by atoms with E-state index in [1.165, 1.54) is 12.8 Å². The Morgan fingerprint density at radius 1 is 1.24 bits per heavy atom. The van der Waals surface area contributed by atoms with Gasteiger partial charge in [-0.2, -0.15) is 0 Å². The predicted molar refractivity (Wildman–Crippen MR) is 86.8 cm³/mol. The van der Waals surface area contributed by atoms with Gasteiger partial charge in [0.1, 0.15) is 4.90 Å². The van der Waals surface area contributed by atoms with E-state index in [4.69, 9.17) is 23.2 Å². The number of hydrogen-bond acceptors (Lipinski definition) is 3. The molecule has 118 valence electrons. The van der Waals surface area contributed by atoms with Crippen LogP contribution in [-0.2, 0) is 10.0 Å². The number of rotatable bonds is 7. The lowest BCUT2D eigenvalue weighted by molar-refractivity contribution is 0.573. The summed E-state index contributed by atoms with van der Waals surface area (Å²) in [6.07, 6.45) is 3.19. The smallest absolute Gasteiger partial charge is 0.242 e. The first-order valence-corrected chi connectivity index (χ1v) is 9.25. The van der Waals surface area contributed by atoms with Crippen LogP contribution >= 0.6 is 23.2 Å². The van der Waals surface area contributed by atoms with Gasteiger partial charge in [-0.25, -0.2) is 13.1 Å². The third-order valence-electron chi connectivity index (χ3n) is 3.51. The van der Waals surface area contributed by atoms with Crippen molar-refractivity contribution in [1.82, 2.24) is 10.0 Å². The number of sulfonamides is 1. The highest BCUT2D eigenvalue weighted by molar-refractivity contribution is 7.89. The van der Waals surface area contributed by atoms with E-state index in [1.54, 1.807) is 19.9 Å². The molecule has 4 nitrogen and oxygen atoms in total. The summed E-state index contributed by atoms with van der Waals surface area (Å²) in [7, 11) is -3.65. The molecular formula is C14H20Cl2N2O2S. The summed E-state index contributed by atoms with van der Waals surface area (Å²) >= 11 is 12.2. The summed E-state index contributed by atoms with van der Waals surface area (Å²) < 4.78 is 27.4. The Morgan fingerprint density at radius 2 is 1.90 bits per heavy atom. The van der Waals surface area contributed by atoms with E-state index in [9.17, 15) is 8.42 Å². The zero-order valence-corrected chi connectivity index (χ0v) is 14.5. The first kappa shape index (κ1) is 17.0. The van der Waals surface area contributed by atoms with Gasteiger partial charge in [0.25, 0.3) is 0 Å². The molecule has 1 fully saturated rings. The van der Waals surface area contributed by atoms with Crippen molar-refractivity contribution in [3.63, 3.8) is 0 Å².